The first-order chi connectivity index (χ1) is 15.2. The number of hydrogen-bond acceptors (Lipinski definition) is 7. The van der Waals surface area contributed by atoms with Crippen molar-refractivity contribution >= 4 is 22.9 Å². The monoisotopic (exact) mass is 435 g/mol. The summed E-state index contributed by atoms with van der Waals surface area (Å²) in [5.41, 5.74) is 3.95. The Morgan fingerprint density at radius 2 is 2.16 bits per heavy atom. The number of aromatic nitrogens is 4. The molecule has 5 rings (SSSR count). The van der Waals surface area contributed by atoms with Gasteiger partial charge in [-0.15, -0.1) is 21.5 Å². The van der Waals surface area contributed by atoms with E-state index in [1.807, 2.05) is 39.1 Å². The maximum atomic E-state index is 13.4. The van der Waals surface area contributed by atoms with Gasteiger partial charge in [0.05, 0.1) is 24.4 Å². The van der Waals surface area contributed by atoms with Crippen molar-refractivity contribution in [1.82, 2.24) is 24.5 Å². The van der Waals surface area contributed by atoms with Crippen LogP contribution in [0.3, 0.4) is 0 Å². The van der Waals surface area contributed by atoms with Gasteiger partial charge in [-0.25, -0.2) is 4.98 Å². The minimum Gasteiger partial charge on any atom is -0.493 e. The van der Waals surface area contributed by atoms with Gasteiger partial charge < -0.3 is 14.4 Å². The smallest absolute Gasteiger partial charge is 0.254 e. The van der Waals surface area contributed by atoms with E-state index in [2.05, 4.69) is 15.2 Å². The SMILES string of the molecule is COc1cc(C(=O)N2CCCC2c2nnc3ccccn23)ccc1OCc1cscn1. The van der Waals surface area contributed by atoms with E-state index in [4.69, 9.17) is 9.47 Å². The Labute approximate surface area is 183 Å². The van der Waals surface area contributed by atoms with Crippen molar-refractivity contribution in [3.05, 3.63) is 70.6 Å². The summed E-state index contributed by atoms with van der Waals surface area (Å²) in [5.74, 6) is 1.83. The molecule has 1 amide bonds. The van der Waals surface area contributed by atoms with Gasteiger partial charge in [-0.1, -0.05) is 6.07 Å². The third-order valence-corrected chi connectivity index (χ3v) is 6.06. The molecule has 1 atom stereocenters. The van der Waals surface area contributed by atoms with Crippen LogP contribution in [0.4, 0.5) is 0 Å². The van der Waals surface area contributed by atoms with Gasteiger partial charge in [0, 0.05) is 23.7 Å². The molecule has 8 nitrogen and oxygen atoms in total. The molecular weight excluding hydrogens is 414 g/mol. The molecule has 0 spiro atoms. The third-order valence-electron chi connectivity index (χ3n) is 5.42. The number of likely N-dealkylation sites (tertiary alicyclic amines) is 1. The second-order valence-electron chi connectivity index (χ2n) is 7.28. The predicted octanol–water partition coefficient (Wildman–Crippen LogP) is 3.75. The number of amides is 1. The molecule has 1 aromatic carbocycles. The highest BCUT2D eigenvalue weighted by atomic mass is 32.1. The fraction of sp³-hybridized carbons (Fsp3) is 0.273. The Morgan fingerprint density at radius 3 is 3.00 bits per heavy atom. The Kier molecular flexibility index (Phi) is 5.25. The molecule has 158 valence electrons. The number of thiazole rings is 1. The zero-order chi connectivity index (χ0) is 21.2. The number of methoxy groups -OCH3 is 1. The summed E-state index contributed by atoms with van der Waals surface area (Å²) in [7, 11) is 1.57. The first kappa shape index (κ1) is 19.5. The summed E-state index contributed by atoms with van der Waals surface area (Å²) in [6.07, 6.45) is 3.71. The average molecular weight is 436 g/mol. The minimum absolute atomic E-state index is 0.0560. The number of pyridine rings is 1. The number of ether oxygens (including phenoxy) is 2. The lowest BCUT2D eigenvalue weighted by atomic mass is 10.1. The van der Waals surface area contributed by atoms with Crippen LogP contribution in [0.15, 0.2) is 53.5 Å². The van der Waals surface area contributed by atoms with Crippen molar-refractivity contribution in [3.63, 3.8) is 0 Å². The zero-order valence-electron chi connectivity index (χ0n) is 17.0. The standard InChI is InChI=1S/C22H21N5O3S/c1-29-19-11-15(7-8-18(19)30-12-16-13-31-14-23-16)22(28)26-10-4-5-17(26)21-25-24-20-6-2-3-9-27(20)21/h2-3,6-9,11,13-14,17H,4-5,10,12H2,1H3. The summed E-state index contributed by atoms with van der Waals surface area (Å²) in [4.78, 5) is 19.5. The molecule has 9 heteroatoms. The van der Waals surface area contributed by atoms with Crippen LogP contribution in [0.5, 0.6) is 11.5 Å². The van der Waals surface area contributed by atoms with Gasteiger partial charge >= 0.3 is 0 Å². The topological polar surface area (TPSA) is 81.9 Å². The second kappa shape index (κ2) is 8.35. The number of hydrogen-bond donors (Lipinski definition) is 0. The molecule has 0 aliphatic carbocycles. The van der Waals surface area contributed by atoms with Crippen LogP contribution in [-0.2, 0) is 6.61 Å². The second-order valence-corrected chi connectivity index (χ2v) is 8.00. The summed E-state index contributed by atoms with van der Waals surface area (Å²) in [6.45, 7) is 1.02. The van der Waals surface area contributed by atoms with Gasteiger partial charge in [0.2, 0.25) is 0 Å². The maximum Gasteiger partial charge on any atom is 0.254 e. The van der Waals surface area contributed by atoms with Gasteiger partial charge in [0.25, 0.3) is 5.91 Å². The molecule has 1 fully saturated rings. The van der Waals surface area contributed by atoms with E-state index in [-0.39, 0.29) is 11.9 Å². The largest absolute Gasteiger partial charge is 0.493 e. The fourth-order valence-electron chi connectivity index (χ4n) is 3.91. The highest BCUT2D eigenvalue weighted by Crippen LogP contribution is 2.34. The summed E-state index contributed by atoms with van der Waals surface area (Å²) in [5, 5.41) is 10.6. The van der Waals surface area contributed by atoms with Gasteiger partial charge in [0.15, 0.2) is 23.0 Å². The molecule has 4 aromatic rings. The fourth-order valence-corrected chi connectivity index (χ4v) is 4.45. The molecule has 0 saturated carbocycles. The Bertz CT molecular complexity index is 1210. The van der Waals surface area contributed by atoms with E-state index in [1.54, 1.807) is 30.8 Å². The molecule has 1 saturated heterocycles. The van der Waals surface area contributed by atoms with Crippen LogP contribution in [0.2, 0.25) is 0 Å². The van der Waals surface area contributed by atoms with Crippen molar-refractivity contribution in [2.75, 3.05) is 13.7 Å². The van der Waals surface area contributed by atoms with Crippen LogP contribution in [0.25, 0.3) is 5.65 Å². The Morgan fingerprint density at radius 1 is 1.23 bits per heavy atom. The molecular formula is C22H21N5O3S. The minimum atomic E-state index is -0.114. The predicted molar refractivity (Wildman–Crippen MR) is 115 cm³/mol. The first-order valence-corrected chi connectivity index (χ1v) is 11.0. The highest BCUT2D eigenvalue weighted by molar-refractivity contribution is 7.07. The Balaban J connectivity index is 1.38. The highest BCUT2D eigenvalue weighted by Gasteiger charge is 2.34. The average Bonchev–Trinajstić information content (AvgIpc) is 3.57. The lowest BCUT2D eigenvalue weighted by Crippen LogP contribution is -2.31. The van der Waals surface area contributed by atoms with Gasteiger partial charge in [-0.05, 0) is 43.2 Å². The summed E-state index contributed by atoms with van der Waals surface area (Å²) >= 11 is 1.52. The molecule has 1 aliphatic heterocycles. The molecule has 1 aliphatic rings. The molecule has 0 N–H and O–H groups in total. The number of rotatable bonds is 6. The number of nitrogens with zero attached hydrogens (tertiary/aromatic N) is 5. The van der Waals surface area contributed by atoms with Crippen LogP contribution in [0, 0.1) is 0 Å². The van der Waals surface area contributed by atoms with E-state index < -0.39 is 0 Å². The maximum absolute atomic E-state index is 13.4. The Hall–Kier alpha value is -3.46. The van der Waals surface area contributed by atoms with Crippen LogP contribution < -0.4 is 9.47 Å². The third kappa shape index (κ3) is 3.72. The number of carbonyl (C=O) groups is 1. The van der Waals surface area contributed by atoms with E-state index in [0.29, 0.717) is 30.2 Å². The summed E-state index contributed by atoms with van der Waals surface area (Å²) < 4.78 is 13.3. The number of fused-ring (bicyclic) bond motifs is 1. The molecule has 1 unspecified atom stereocenters. The molecule has 4 heterocycles. The van der Waals surface area contributed by atoms with Gasteiger partial charge in [-0.2, -0.15) is 0 Å². The molecule has 3 aromatic heterocycles. The van der Waals surface area contributed by atoms with Gasteiger partial charge in [0.1, 0.15) is 6.61 Å². The summed E-state index contributed by atoms with van der Waals surface area (Å²) in [6, 6.07) is 10.9. The van der Waals surface area contributed by atoms with Crippen molar-refractivity contribution in [1.29, 1.82) is 0 Å². The molecule has 31 heavy (non-hydrogen) atoms. The molecule has 0 bridgehead atoms. The van der Waals surface area contributed by atoms with Crippen molar-refractivity contribution in [2.24, 2.45) is 0 Å². The zero-order valence-corrected chi connectivity index (χ0v) is 17.8. The number of benzene rings is 1. The van der Waals surface area contributed by atoms with Crippen LogP contribution in [-0.4, -0.2) is 44.0 Å². The number of carbonyl (C=O) groups excluding carboxylic acids is 1. The van der Waals surface area contributed by atoms with Crippen LogP contribution in [0.1, 0.15) is 40.8 Å². The van der Waals surface area contributed by atoms with E-state index in [0.717, 1.165) is 30.0 Å². The lowest BCUT2D eigenvalue weighted by Gasteiger charge is -2.24. The van der Waals surface area contributed by atoms with Crippen molar-refractivity contribution in [3.8, 4) is 11.5 Å². The van der Waals surface area contributed by atoms with E-state index >= 15 is 0 Å². The quantitative estimate of drug-likeness (QED) is 0.459. The van der Waals surface area contributed by atoms with E-state index in [9.17, 15) is 4.79 Å². The van der Waals surface area contributed by atoms with Crippen molar-refractivity contribution < 1.29 is 14.3 Å². The first-order valence-electron chi connectivity index (χ1n) is 10.0. The van der Waals surface area contributed by atoms with Gasteiger partial charge in [-0.3, -0.25) is 9.20 Å². The molecule has 0 radical (unpaired) electrons. The van der Waals surface area contributed by atoms with E-state index in [1.165, 1.54) is 11.3 Å². The van der Waals surface area contributed by atoms with Crippen molar-refractivity contribution in [2.45, 2.75) is 25.5 Å². The normalized spacial score (nSPS) is 16.0. The lowest BCUT2D eigenvalue weighted by molar-refractivity contribution is 0.0728. The van der Waals surface area contributed by atoms with Crippen LogP contribution >= 0.6 is 11.3 Å².